The van der Waals surface area contributed by atoms with E-state index in [-0.39, 0.29) is 18.5 Å². The Labute approximate surface area is 191 Å². The Hall–Kier alpha value is -4.52. The van der Waals surface area contributed by atoms with E-state index in [0.29, 0.717) is 29.2 Å². The monoisotopic (exact) mass is 441 g/mol. The average Bonchev–Trinajstić information content (AvgIpc) is 3.37. The summed E-state index contributed by atoms with van der Waals surface area (Å²) in [5.74, 6) is 1.17. The first-order valence-corrected chi connectivity index (χ1v) is 10.4. The maximum atomic E-state index is 12.9. The van der Waals surface area contributed by atoms with Crippen molar-refractivity contribution in [2.75, 3.05) is 10.6 Å². The lowest BCUT2D eigenvalue weighted by Gasteiger charge is -2.12. The smallest absolute Gasteiger partial charge is 0.319 e. The van der Waals surface area contributed by atoms with E-state index in [4.69, 9.17) is 9.15 Å². The molecule has 0 saturated heterocycles. The molecule has 0 aliphatic heterocycles. The van der Waals surface area contributed by atoms with Gasteiger partial charge in [-0.2, -0.15) is 0 Å². The van der Waals surface area contributed by atoms with Gasteiger partial charge in [0.1, 0.15) is 18.1 Å². The van der Waals surface area contributed by atoms with Gasteiger partial charge < -0.3 is 25.1 Å². The first-order chi connectivity index (χ1) is 16.2. The fourth-order valence-electron chi connectivity index (χ4n) is 3.14. The minimum atomic E-state index is -0.351. The molecule has 3 amide bonds. The molecule has 0 unspecified atom stereocenters. The summed E-state index contributed by atoms with van der Waals surface area (Å²) in [6.07, 6.45) is 1.55. The van der Waals surface area contributed by atoms with Gasteiger partial charge in [0.05, 0.1) is 12.8 Å². The number of benzene rings is 3. The van der Waals surface area contributed by atoms with Crippen molar-refractivity contribution in [1.82, 2.24) is 5.32 Å². The van der Waals surface area contributed by atoms with Crippen molar-refractivity contribution in [3.05, 3.63) is 114 Å². The summed E-state index contributed by atoms with van der Waals surface area (Å²) in [7, 11) is 0. The second-order valence-corrected chi connectivity index (χ2v) is 7.18. The number of urea groups is 1. The second kappa shape index (κ2) is 10.7. The molecule has 4 aromatic rings. The molecule has 3 N–H and O–H groups in total. The molecule has 0 radical (unpaired) electrons. The number of anilines is 2. The summed E-state index contributed by atoms with van der Waals surface area (Å²) in [5.41, 5.74) is 2.53. The third kappa shape index (κ3) is 6.24. The first kappa shape index (κ1) is 21.7. The van der Waals surface area contributed by atoms with Crippen LogP contribution in [-0.2, 0) is 13.2 Å². The molecule has 0 aliphatic rings. The van der Waals surface area contributed by atoms with Gasteiger partial charge in [0.15, 0.2) is 0 Å². The molecule has 0 aliphatic carbocycles. The molecule has 0 atom stereocenters. The molecule has 0 saturated carbocycles. The van der Waals surface area contributed by atoms with Gasteiger partial charge in [-0.1, -0.05) is 36.4 Å². The van der Waals surface area contributed by atoms with Gasteiger partial charge in [0, 0.05) is 22.5 Å². The van der Waals surface area contributed by atoms with Crippen LogP contribution < -0.4 is 20.7 Å². The summed E-state index contributed by atoms with van der Waals surface area (Å²) in [4.78, 5) is 24.9. The van der Waals surface area contributed by atoms with Crippen molar-refractivity contribution < 1.29 is 18.7 Å². The fraction of sp³-hybridized carbons (Fsp3) is 0.0769. The van der Waals surface area contributed by atoms with Gasteiger partial charge in [-0.05, 0) is 54.6 Å². The number of amides is 3. The van der Waals surface area contributed by atoms with E-state index in [1.807, 2.05) is 48.5 Å². The average molecular weight is 441 g/mol. The number of para-hydroxylation sites is 1. The molecule has 7 heteroatoms. The van der Waals surface area contributed by atoms with Gasteiger partial charge >= 0.3 is 6.03 Å². The Morgan fingerprint density at radius 2 is 1.45 bits per heavy atom. The van der Waals surface area contributed by atoms with Crippen LogP contribution in [0.15, 0.2) is 102 Å². The van der Waals surface area contributed by atoms with Crippen molar-refractivity contribution in [3.8, 4) is 5.75 Å². The minimum absolute atomic E-state index is 0.237. The van der Waals surface area contributed by atoms with Gasteiger partial charge in [-0.3, -0.25) is 4.79 Å². The van der Waals surface area contributed by atoms with E-state index < -0.39 is 0 Å². The number of carbonyl (C=O) groups excluding carboxylic acids is 2. The summed E-state index contributed by atoms with van der Waals surface area (Å²) in [6.45, 7) is 0.573. The molecule has 7 nitrogen and oxygen atoms in total. The van der Waals surface area contributed by atoms with E-state index in [2.05, 4.69) is 16.0 Å². The Morgan fingerprint density at radius 3 is 2.18 bits per heavy atom. The van der Waals surface area contributed by atoms with E-state index in [1.165, 1.54) is 0 Å². The molecule has 1 aromatic heterocycles. The summed E-state index contributed by atoms with van der Waals surface area (Å²) < 4.78 is 11.0. The second-order valence-electron chi connectivity index (χ2n) is 7.18. The van der Waals surface area contributed by atoms with Crippen molar-refractivity contribution in [2.24, 2.45) is 0 Å². The molecule has 4 rings (SSSR count). The molecule has 0 fully saturated rings. The van der Waals surface area contributed by atoms with Crippen molar-refractivity contribution in [2.45, 2.75) is 13.2 Å². The quantitative estimate of drug-likeness (QED) is 0.340. The Morgan fingerprint density at radius 1 is 0.758 bits per heavy atom. The first-order valence-electron chi connectivity index (χ1n) is 10.4. The SMILES string of the molecule is O=C(NCc1ccco1)Nc1ccc(NC(=O)c2ccccc2COc2ccccc2)cc1. The lowest BCUT2D eigenvalue weighted by Crippen LogP contribution is -2.27. The van der Waals surface area contributed by atoms with Gasteiger partial charge in [0.25, 0.3) is 5.91 Å². The van der Waals surface area contributed by atoms with Crippen LogP contribution in [0.3, 0.4) is 0 Å². The summed E-state index contributed by atoms with van der Waals surface area (Å²) >= 11 is 0. The number of hydrogen-bond donors (Lipinski definition) is 3. The summed E-state index contributed by atoms with van der Waals surface area (Å²) in [6, 6.07) is 26.8. The number of nitrogens with one attached hydrogen (secondary N) is 3. The Balaban J connectivity index is 1.32. The van der Waals surface area contributed by atoms with Crippen LogP contribution >= 0.6 is 0 Å². The number of hydrogen-bond acceptors (Lipinski definition) is 4. The number of furan rings is 1. The van der Waals surface area contributed by atoms with Crippen molar-refractivity contribution >= 4 is 23.3 Å². The van der Waals surface area contributed by atoms with E-state index in [9.17, 15) is 9.59 Å². The molecular formula is C26H23N3O4. The van der Waals surface area contributed by atoms with Crippen LogP contribution in [0.4, 0.5) is 16.2 Å². The summed E-state index contributed by atoms with van der Waals surface area (Å²) in [5, 5.41) is 8.33. The lowest BCUT2D eigenvalue weighted by atomic mass is 10.1. The zero-order valence-electron chi connectivity index (χ0n) is 17.8. The van der Waals surface area contributed by atoms with Crippen LogP contribution in [0.25, 0.3) is 0 Å². The topological polar surface area (TPSA) is 92.6 Å². The van der Waals surface area contributed by atoms with Crippen molar-refractivity contribution in [1.29, 1.82) is 0 Å². The molecule has 0 spiro atoms. The highest BCUT2D eigenvalue weighted by Crippen LogP contribution is 2.18. The highest BCUT2D eigenvalue weighted by atomic mass is 16.5. The van der Waals surface area contributed by atoms with E-state index in [1.54, 1.807) is 48.7 Å². The maximum absolute atomic E-state index is 12.9. The minimum Gasteiger partial charge on any atom is -0.489 e. The number of ether oxygens (including phenoxy) is 1. The van der Waals surface area contributed by atoms with Crippen LogP contribution in [0.2, 0.25) is 0 Å². The van der Waals surface area contributed by atoms with Crippen LogP contribution in [0, 0.1) is 0 Å². The third-order valence-corrected chi connectivity index (χ3v) is 4.80. The predicted octanol–water partition coefficient (Wildman–Crippen LogP) is 5.43. The third-order valence-electron chi connectivity index (χ3n) is 4.80. The maximum Gasteiger partial charge on any atom is 0.319 e. The fourth-order valence-corrected chi connectivity index (χ4v) is 3.14. The zero-order chi connectivity index (χ0) is 22.9. The van der Waals surface area contributed by atoms with Crippen molar-refractivity contribution in [3.63, 3.8) is 0 Å². The molecular weight excluding hydrogens is 418 g/mol. The van der Waals surface area contributed by atoms with Crippen LogP contribution in [-0.4, -0.2) is 11.9 Å². The van der Waals surface area contributed by atoms with Gasteiger partial charge in [-0.15, -0.1) is 0 Å². The van der Waals surface area contributed by atoms with Gasteiger partial charge in [-0.25, -0.2) is 4.79 Å². The number of carbonyl (C=O) groups is 2. The Bertz CT molecular complexity index is 1190. The largest absolute Gasteiger partial charge is 0.489 e. The zero-order valence-corrected chi connectivity index (χ0v) is 17.8. The van der Waals surface area contributed by atoms with E-state index >= 15 is 0 Å². The standard InChI is InChI=1S/C26H23N3O4/c30-25(24-11-5-4-7-19(24)18-33-22-8-2-1-3-9-22)28-20-12-14-21(15-13-20)29-26(31)27-17-23-10-6-16-32-23/h1-16H,17-18H2,(H,28,30)(H2,27,29,31). The predicted molar refractivity (Wildman–Crippen MR) is 126 cm³/mol. The highest BCUT2D eigenvalue weighted by Gasteiger charge is 2.12. The molecule has 3 aromatic carbocycles. The lowest BCUT2D eigenvalue weighted by molar-refractivity contribution is 0.102. The molecule has 0 bridgehead atoms. The molecule has 166 valence electrons. The Kier molecular flexibility index (Phi) is 7.02. The molecule has 33 heavy (non-hydrogen) atoms. The van der Waals surface area contributed by atoms with Crippen LogP contribution in [0.1, 0.15) is 21.7 Å². The normalized spacial score (nSPS) is 10.3. The number of rotatable bonds is 8. The van der Waals surface area contributed by atoms with Gasteiger partial charge in [0.2, 0.25) is 0 Å². The highest BCUT2D eigenvalue weighted by molar-refractivity contribution is 6.05. The van der Waals surface area contributed by atoms with Crippen LogP contribution in [0.5, 0.6) is 5.75 Å². The van der Waals surface area contributed by atoms with E-state index in [0.717, 1.165) is 11.3 Å². The molecule has 1 heterocycles.